The van der Waals surface area contributed by atoms with Gasteiger partial charge in [0.1, 0.15) is 0 Å². The second-order valence-electron chi connectivity index (χ2n) is 3.79. The van der Waals surface area contributed by atoms with E-state index in [-0.39, 0.29) is 4.14 Å². The molecule has 1 aliphatic rings. The molecule has 0 unspecified atom stereocenters. The molecule has 0 saturated heterocycles. The summed E-state index contributed by atoms with van der Waals surface area (Å²) < 4.78 is -0.118. The van der Waals surface area contributed by atoms with Crippen LogP contribution in [0.1, 0.15) is 27.7 Å². The molecule has 82 valence electrons. The van der Waals surface area contributed by atoms with Crippen molar-refractivity contribution in [2.24, 2.45) is 0 Å². The molecule has 0 bridgehead atoms. The summed E-state index contributed by atoms with van der Waals surface area (Å²) in [5, 5.41) is 0. The van der Waals surface area contributed by atoms with E-state index < -0.39 is 11.5 Å². The standard InChI is InChI=1S/C9H13.4ClH.Ta/c1-6-5-7(2)9(4)8(6)3;;;;;/h5H,1-4H3;4*1H;/q;;;;;+4/p-4. The molecule has 0 saturated carbocycles. The number of halogens is 4. The van der Waals surface area contributed by atoms with Crippen LogP contribution >= 0.6 is 36.8 Å². The van der Waals surface area contributed by atoms with Gasteiger partial charge in [0.2, 0.25) is 0 Å². The number of rotatable bonds is 1. The van der Waals surface area contributed by atoms with E-state index in [0.29, 0.717) is 0 Å². The van der Waals surface area contributed by atoms with Crippen LogP contribution in [0.15, 0.2) is 22.3 Å². The van der Waals surface area contributed by atoms with Gasteiger partial charge in [-0.25, -0.2) is 0 Å². The van der Waals surface area contributed by atoms with Crippen molar-refractivity contribution in [3.8, 4) is 0 Å². The average Bonchev–Trinajstić information content (AvgIpc) is 2.12. The van der Waals surface area contributed by atoms with E-state index in [1.54, 1.807) is 0 Å². The Balaban J connectivity index is 3.31. The van der Waals surface area contributed by atoms with Crippen LogP contribution in [0.25, 0.3) is 0 Å². The second kappa shape index (κ2) is 3.70. The van der Waals surface area contributed by atoms with Crippen molar-refractivity contribution in [1.29, 1.82) is 0 Å². The molecule has 0 atom stereocenters. The van der Waals surface area contributed by atoms with Crippen LogP contribution in [0.2, 0.25) is 4.14 Å². The van der Waals surface area contributed by atoms with Crippen molar-refractivity contribution in [1.82, 2.24) is 0 Å². The first-order valence-corrected chi connectivity index (χ1v) is 22.0. The summed E-state index contributed by atoms with van der Waals surface area (Å²) in [5.41, 5.74) is 4.69. The van der Waals surface area contributed by atoms with Gasteiger partial charge in [0.15, 0.2) is 0 Å². The first kappa shape index (κ1) is 13.4. The van der Waals surface area contributed by atoms with Crippen molar-refractivity contribution in [3.05, 3.63) is 22.3 Å². The molecule has 0 amide bonds. The van der Waals surface area contributed by atoms with E-state index in [0.717, 1.165) is 11.1 Å². The van der Waals surface area contributed by atoms with Gasteiger partial charge >= 0.3 is 102 Å². The van der Waals surface area contributed by atoms with Gasteiger partial charge in [-0.1, -0.05) is 0 Å². The summed E-state index contributed by atoms with van der Waals surface area (Å²) in [6, 6.07) is 0. The fraction of sp³-hybridized carbons (Fsp3) is 0.556. The van der Waals surface area contributed by atoms with Crippen molar-refractivity contribution in [3.63, 3.8) is 0 Å². The predicted octanol–water partition coefficient (Wildman–Crippen LogP) is 5.77. The Hall–Kier alpha value is 1.38. The summed E-state index contributed by atoms with van der Waals surface area (Å²) in [4.78, 5) is 0. The summed E-state index contributed by atoms with van der Waals surface area (Å²) in [7, 11) is 24.6. The molecular weight excluding hydrogens is 431 g/mol. The molecule has 0 heterocycles. The van der Waals surface area contributed by atoms with Gasteiger partial charge in [0.05, 0.1) is 0 Å². The minimum absolute atomic E-state index is 0.118. The van der Waals surface area contributed by atoms with E-state index in [1.807, 2.05) is 13.8 Å². The Morgan fingerprint density at radius 1 is 0.786 bits per heavy atom. The van der Waals surface area contributed by atoms with Crippen LogP contribution in [-0.2, 0) is 11.5 Å². The van der Waals surface area contributed by atoms with Crippen LogP contribution in [0.3, 0.4) is 0 Å². The quantitative estimate of drug-likeness (QED) is 0.483. The zero-order valence-electron chi connectivity index (χ0n) is 8.54. The molecule has 1 rings (SSSR count). The summed E-state index contributed by atoms with van der Waals surface area (Å²) in [5.74, 6) is 0. The number of allylic oxidation sites excluding steroid dienone is 4. The minimum atomic E-state index is -4.56. The number of hydrogen-bond acceptors (Lipinski definition) is 0. The topological polar surface area (TPSA) is 0 Å². The fourth-order valence-corrected chi connectivity index (χ4v) is 17.1. The first-order chi connectivity index (χ1) is 6.02. The van der Waals surface area contributed by atoms with Crippen molar-refractivity contribution >= 4 is 36.8 Å². The van der Waals surface area contributed by atoms with Gasteiger partial charge in [-0.15, -0.1) is 0 Å². The van der Waals surface area contributed by atoms with Crippen molar-refractivity contribution < 1.29 is 11.5 Å². The third kappa shape index (κ3) is 2.38. The molecule has 0 spiro atoms. The van der Waals surface area contributed by atoms with E-state index >= 15 is 0 Å². The Labute approximate surface area is 101 Å². The summed E-state index contributed by atoms with van der Waals surface area (Å²) in [6.07, 6.45) is 0. The van der Waals surface area contributed by atoms with Gasteiger partial charge in [-0.3, -0.25) is 0 Å². The van der Waals surface area contributed by atoms with Crippen molar-refractivity contribution in [2.45, 2.75) is 31.8 Å². The molecule has 14 heavy (non-hydrogen) atoms. The molecule has 0 aliphatic heterocycles. The molecule has 0 N–H and O–H groups in total. The van der Waals surface area contributed by atoms with Gasteiger partial charge in [0, 0.05) is 0 Å². The third-order valence-corrected chi connectivity index (χ3v) is 14.9. The molecule has 0 nitrogen and oxygen atoms in total. The van der Waals surface area contributed by atoms with E-state index in [4.69, 9.17) is 36.8 Å². The van der Waals surface area contributed by atoms with E-state index in [2.05, 4.69) is 13.8 Å². The number of hydrogen-bond donors (Lipinski definition) is 0. The van der Waals surface area contributed by atoms with E-state index in [9.17, 15) is 0 Å². The van der Waals surface area contributed by atoms with Crippen LogP contribution in [0.5, 0.6) is 0 Å². The summed E-state index contributed by atoms with van der Waals surface area (Å²) in [6.45, 7) is 8.11. The van der Waals surface area contributed by atoms with E-state index in [1.165, 1.54) is 11.1 Å². The Morgan fingerprint density at radius 2 is 1.07 bits per heavy atom. The molecular formula is C9H13Cl4Ta. The van der Waals surface area contributed by atoms with Crippen LogP contribution in [0, 0.1) is 0 Å². The second-order valence-corrected chi connectivity index (χ2v) is 42.7. The Kier molecular flexibility index (Phi) is 3.55. The SMILES string of the molecule is CC1=C(C)[CH]([Ta]([Cl])([Cl])([Cl])[Cl])C(C)=C1C. The predicted molar refractivity (Wildman–Crippen MR) is 63.9 cm³/mol. The molecule has 1 aliphatic carbocycles. The molecule has 0 radical (unpaired) electrons. The summed E-state index contributed by atoms with van der Waals surface area (Å²) >= 11 is -4.56. The maximum absolute atomic E-state index is 6.16. The molecule has 0 aromatic rings. The zero-order chi connectivity index (χ0) is 11.3. The Morgan fingerprint density at radius 3 is 1.21 bits per heavy atom. The van der Waals surface area contributed by atoms with Crippen LogP contribution in [-0.4, -0.2) is 0 Å². The molecule has 5 heteroatoms. The fourth-order valence-electron chi connectivity index (χ4n) is 1.91. The third-order valence-electron chi connectivity index (χ3n) is 2.96. The average molecular weight is 444 g/mol. The molecule has 0 aromatic heterocycles. The Bertz CT molecular complexity index is 312. The van der Waals surface area contributed by atoms with Crippen LogP contribution < -0.4 is 0 Å². The van der Waals surface area contributed by atoms with Crippen LogP contribution in [0.4, 0.5) is 0 Å². The molecule has 0 aromatic carbocycles. The normalized spacial score (nSPS) is 23.0. The van der Waals surface area contributed by atoms with Gasteiger partial charge in [0.25, 0.3) is 0 Å². The van der Waals surface area contributed by atoms with Gasteiger partial charge < -0.3 is 0 Å². The zero-order valence-corrected chi connectivity index (χ0v) is 14.8. The van der Waals surface area contributed by atoms with Crippen molar-refractivity contribution in [2.75, 3.05) is 0 Å². The molecule has 0 fully saturated rings. The maximum atomic E-state index is 6.16. The first-order valence-electron chi connectivity index (χ1n) is 4.26. The van der Waals surface area contributed by atoms with Gasteiger partial charge in [-0.05, 0) is 0 Å². The monoisotopic (exact) mass is 442 g/mol. The van der Waals surface area contributed by atoms with Gasteiger partial charge in [-0.2, -0.15) is 0 Å².